The fourth-order valence-electron chi connectivity index (χ4n) is 2.48. The lowest BCUT2D eigenvalue weighted by atomic mass is 9.96. The van der Waals surface area contributed by atoms with E-state index in [9.17, 15) is 4.79 Å². The molecule has 0 saturated heterocycles. The summed E-state index contributed by atoms with van der Waals surface area (Å²) in [6.45, 7) is 10.3. The molecule has 1 aromatic rings. The molecule has 1 aromatic carbocycles. The van der Waals surface area contributed by atoms with Crippen molar-refractivity contribution in [3.8, 4) is 5.75 Å². The van der Waals surface area contributed by atoms with Crippen molar-refractivity contribution in [2.45, 2.75) is 34.6 Å². The summed E-state index contributed by atoms with van der Waals surface area (Å²) in [5.41, 5.74) is 6.88. The van der Waals surface area contributed by atoms with Crippen LogP contribution in [0.2, 0.25) is 0 Å². The zero-order valence-corrected chi connectivity index (χ0v) is 16.4. The third kappa shape index (κ3) is 6.11. The predicted octanol–water partition coefficient (Wildman–Crippen LogP) is 4.83. The molecule has 1 rings (SSSR count). The average molecular weight is 339 g/mol. The Bertz CT molecular complexity index is 750. The second-order valence-corrected chi connectivity index (χ2v) is 6.17. The van der Waals surface area contributed by atoms with Crippen LogP contribution in [0.25, 0.3) is 6.08 Å². The maximum absolute atomic E-state index is 11.3. The Morgan fingerprint density at radius 1 is 1.08 bits per heavy atom. The molecular weight excluding hydrogens is 310 g/mol. The summed E-state index contributed by atoms with van der Waals surface area (Å²) in [7, 11) is 3.33. The number of hydrogen-bond acceptors (Lipinski definition) is 2. The summed E-state index contributed by atoms with van der Waals surface area (Å²) in [5.74, 6) is 0.837. The Morgan fingerprint density at radius 2 is 1.76 bits per heavy atom. The second kappa shape index (κ2) is 9.67. The molecule has 0 bridgehead atoms. The van der Waals surface area contributed by atoms with Gasteiger partial charge in [0.25, 0.3) is 0 Å². The molecule has 0 aromatic heterocycles. The molecule has 0 unspecified atom stereocenters. The van der Waals surface area contributed by atoms with Crippen LogP contribution in [0.1, 0.15) is 36.1 Å². The molecule has 1 N–H and O–H groups in total. The Balaban J connectivity index is 2.94. The quantitative estimate of drug-likeness (QED) is 0.595. The minimum absolute atomic E-state index is 0.0939. The van der Waals surface area contributed by atoms with E-state index in [0.717, 1.165) is 16.9 Å². The first-order valence-electron chi connectivity index (χ1n) is 8.38. The number of ether oxygens (including phenoxy) is 1. The van der Waals surface area contributed by atoms with Crippen LogP contribution in [0.15, 0.2) is 47.6 Å². The van der Waals surface area contributed by atoms with Crippen LogP contribution in [0.3, 0.4) is 0 Å². The molecular formula is C22H29NO2. The highest BCUT2D eigenvalue weighted by molar-refractivity contribution is 5.88. The molecule has 134 valence electrons. The normalized spacial score (nSPS) is 12.9. The Labute approximate surface area is 151 Å². The zero-order chi connectivity index (χ0) is 19.0. The first-order chi connectivity index (χ1) is 11.8. The first kappa shape index (κ1) is 20.5. The SMILES string of the molecule is CNC(=O)C=C(C)C=CC=C(C)C=Cc1c(C)cc(OC)c(C)c1C. The summed E-state index contributed by atoms with van der Waals surface area (Å²) < 4.78 is 5.42. The smallest absolute Gasteiger partial charge is 0.243 e. The van der Waals surface area contributed by atoms with Gasteiger partial charge < -0.3 is 10.1 Å². The number of likely N-dealkylation sites (N-methyl/N-ethyl adjacent to an activating group) is 1. The third-order valence-electron chi connectivity index (χ3n) is 4.16. The van der Waals surface area contributed by atoms with Crippen molar-refractivity contribution in [1.82, 2.24) is 5.32 Å². The van der Waals surface area contributed by atoms with Crippen molar-refractivity contribution in [2.75, 3.05) is 14.2 Å². The molecule has 25 heavy (non-hydrogen) atoms. The lowest BCUT2D eigenvalue weighted by Gasteiger charge is -2.13. The molecule has 0 radical (unpaired) electrons. The fraction of sp³-hybridized carbons (Fsp3) is 0.318. The zero-order valence-electron chi connectivity index (χ0n) is 16.4. The summed E-state index contributed by atoms with van der Waals surface area (Å²) in [6, 6.07) is 2.08. The first-order valence-corrected chi connectivity index (χ1v) is 8.38. The van der Waals surface area contributed by atoms with Crippen molar-refractivity contribution in [1.29, 1.82) is 0 Å². The molecule has 0 atom stereocenters. The number of benzene rings is 1. The molecule has 3 heteroatoms. The number of nitrogens with one attached hydrogen (secondary N) is 1. The number of hydrogen-bond donors (Lipinski definition) is 1. The van der Waals surface area contributed by atoms with Crippen molar-refractivity contribution in [3.63, 3.8) is 0 Å². The molecule has 0 heterocycles. The van der Waals surface area contributed by atoms with Crippen LogP contribution in [0, 0.1) is 20.8 Å². The monoisotopic (exact) mass is 339 g/mol. The van der Waals surface area contributed by atoms with Crippen LogP contribution in [-0.4, -0.2) is 20.1 Å². The number of carbonyl (C=O) groups excluding carboxylic acids is 1. The van der Waals surface area contributed by atoms with Crippen LogP contribution in [0.5, 0.6) is 5.75 Å². The predicted molar refractivity (Wildman–Crippen MR) is 107 cm³/mol. The lowest BCUT2D eigenvalue weighted by molar-refractivity contribution is -0.116. The number of amides is 1. The van der Waals surface area contributed by atoms with Gasteiger partial charge in [-0.3, -0.25) is 4.79 Å². The van der Waals surface area contributed by atoms with E-state index in [0.29, 0.717) is 0 Å². The van der Waals surface area contributed by atoms with Crippen LogP contribution in [0.4, 0.5) is 0 Å². The highest BCUT2D eigenvalue weighted by Gasteiger charge is 2.08. The Hall–Kier alpha value is -2.55. The molecule has 3 nitrogen and oxygen atoms in total. The Kier molecular flexibility index (Phi) is 7.93. The number of allylic oxidation sites excluding steroid dienone is 6. The summed E-state index contributed by atoms with van der Waals surface area (Å²) in [5, 5.41) is 2.57. The maximum atomic E-state index is 11.3. The van der Waals surface area contributed by atoms with E-state index >= 15 is 0 Å². The van der Waals surface area contributed by atoms with E-state index < -0.39 is 0 Å². The van der Waals surface area contributed by atoms with Gasteiger partial charge in [0, 0.05) is 13.1 Å². The van der Waals surface area contributed by atoms with Gasteiger partial charge in [0.15, 0.2) is 0 Å². The van der Waals surface area contributed by atoms with Crippen molar-refractivity contribution in [2.24, 2.45) is 0 Å². The molecule has 0 aliphatic rings. The number of rotatable bonds is 6. The second-order valence-electron chi connectivity index (χ2n) is 6.17. The van der Waals surface area contributed by atoms with Crippen LogP contribution < -0.4 is 10.1 Å². The van der Waals surface area contributed by atoms with E-state index in [4.69, 9.17) is 4.74 Å². The maximum Gasteiger partial charge on any atom is 0.243 e. The van der Waals surface area contributed by atoms with Gasteiger partial charge in [-0.2, -0.15) is 0 Å². The van der Waals surface area contributed by atoms with Crippen LogP contribution in [-0.2, 0) is 4.79 Å². The molecule has 0 spiro atoms. The van der Waals surface area contributed by atoms with E-state index in [1.54, 1.807) is 20.2 Å². The van der Waals surface area contributed by atoms with E-state index in [2.05, 4.69) is 51.2 Å². The van der Waals surface area contributed by atoms with Crippen molar-refractivity contribution < 1.29 is 9.53 Å². The topological polar surface area (TPSA) is 38.3 Å². The van der Waals surface area contributed by atoms with Gasteiger partial charge in [0.2, 0.25) is 5.91 Å². The molecule has 0 aliphatic heterocycles. The van der Waals surface area contributed by atoms with Crippen LogP contribution >= 0.6 is 0 Å². The summed E-state index contributed by atoms with van der Waals surface area (Å²) >= 11 is 0. The standard InChI is InChI=1S/C22H29NO2/c1-15(9-8-10-16(2)13-22(24)23-6)11-12-20-17(3)14-21(25-7)19(5)18(20)4/h8-14H,1-7H3,(H,23,24). The molecule has 0 aliphatic carbocycles. The van der Waals surface area contributed by atoms with Gasteiger partial charge >= 0.3 is 0 Å². The summed E-state index contributed by atoms with van der Waals surface area (Å²) in [6.07, 6.45) is 11.7. The minimum Gasteiger partial charge on any atom is -0.496 e. The lowest BCUT2D eigenvalue weighted by Crippen LogP contribution is -2.14. The number of methoxy groups -OCH3 is 1. The van der Waals surface area contributed by atoms with Gasteiger partial charge in [0.1, 0.15) is 5.75 Å². The van der Waals surface area contributed by atoms with Crippen molar-refractivity contribution >= 4 is 12.0 Å². The van der Waals surface area contributed by atoms with Gasteiger partial charge in [-0.1, -0.05) is 36.0 Å². The molecule has 0 saturated carbocycles. The minimum atomic E-state index is -0.0939. The van der Waals surface area contributed by atoms with Gasteiger partial charge in [-0.15, -0.1) is 0 Å². The molecule has 1 amide bonds. The Morgan fingerprint density at radius 3 is 2.36 bits per heavy atom. The van der Waals surface area contributed by atoms with Gasteiger partial charge in [-0.05, 0) is 68.5 Å². The third-order valence-corrected chi connectivity index (χ3v) is 4.16. The molecule has 0 fully saturated rings. The van der Waals surface area contributed by atoms with E-state index in [1.165, 1.54) is 22.3 Å². The van der Waals surface area contributed by atoms with E-state index in [-0.39, 0.29) is 5.91 Å². The average Bonchev–Trinajstić information content (AvgIpc) is 2.57. The fourth-order valence-corrected chi connectivity index (χ4v) is 2.48. The van der Waals surface area contributed by atoms with Gasteiger partial charge in [0.05, 0.1) is 7.11 Å². The summed E-state index contributed by atoms with van der Waals surface area (Å²) in [4.78, 5) is 11.3. The highest BCUT2D eigenvalue weighted by Crippen LogP contribution is 2.28. The largest absolute Gasteiger partial charge is 0.496 e. The highest BCUT2D eigenvalue weighted by atomic mass is 16.5. The van der Waals surface area contributed by atoms with Crippen molar-refractivity contribution in [3.05, 3.63) is 69.8 Å². The number of carbonyl (C=O) groups is 1. The number of aryl methyl sites for hydroxylation is 1. The van der Waals surface area contributed by atoms with E-state index in [1.807, 2.05) is 25.2 Å². The van der Waals surface area contributed by atoms with Gasteiger partial charge in [-0.25, -0.2) is 0 Å².